The van der Waals surface area contributed by atoms with Gasteiger partial charge in [0.15, 0.2) is 2.12 Å². The molecule has 0 radical (unpaired) electrons. The second-order valence-corrected chi connectivity index (χ2v) is 7.32. The van der Waals surface area contributed by atoms with Crippen molar-refractivity contribution < 1.29 is 9.13 Å². The van der Waals surface area contributed by atoms with Crippen LogP contribution in [-0.2, 0) is 4.74 Å². The Bertz CT molecular complexity index is 136. The zero-order chi connectivity index (χ0) is 8.43. The normalized spacial score (nSPS) is 33.5. The molecule has 2 nitrogen and oxygen atoms in total. The Hall–Kier alpha value is 1.31. The van der Waals surface area contributed by atoms with Gasteiger partial charge in [-0.25, -0.2) is 4.39 Å². The first-order chi connectivity index (χ1) is 5.09. The maximum atomic E-state index is 13.0. The van der Waals surface area contributed by atoms with E-state index in [4.69, 9.17) is 4.74 Å². The van der Waals surface area contributed by atoms with E-state index in [9.17, 15) is 4.39 Å². The highest BCUT2D eigenvalue weighted by atomic mass is 127. The summed E-state index contributed by atoms with van der Waals surface area (Å²) in [6.07, 6.45) is -1.04. The van der Waals surface area contributed by atoms with Crippen LogP contribution >= 0.6 is 45.2 Å². The lowest BCUT2D eigenvalue weighted by atomic mass is 10.3. The highest BCUT2D eigenvalue weighted by Crippen LogP contribution is 2.21. The summed E-state index contributed by atoms with van der Waals surface area (Å²) in [4.78, 5) is 1.95. The van der Waals surface area contributed by atoms with Crippen molar-refractivity contribution in [2.45, 2.75) is 14.4 Å². The maximum absolute atomic E-state index is 13.0. The van der Waals surface area contributed by atoms with E-state index in [0.717, 1.165) is 0 Å². The number of likely N-dealkylation sites (N-methyl/N-ethyl adjacent to an activating group) is 1. The molecule has 0 amide bonds. The lowest BCUT2D eigenvalue weighted by molar-refractivity contribution is 0.0511. The molecule has 0 aromatic heterocycles. The van der Waals surface area contributed by atoms with Gasteiger partial charge in [-0.05, 0) is 52.2 Å². The molecule has 66 valence electrons. The van der Waals surface area contributed by atoms with Crippen LogP contribution in [0.5, 0.6) is 0 Å². The average molecular weight is 385 g/mol. The Morgan fingerprint density at radius 3 is 2.55 bits per heavy atom. The van der Waals surface area contributed by atoms with E-state index in [0.29, 0.717) is 13.1 Å². The monoisotopic (exact) mass is 385 g/mol. The van der Waals surface area contributed by atoms with Crippen LogP contribution in [-0.4, -0.2) is 39.4 Å². The summed E-state index contributed by atoms with van der Waals surface area (Å²) in [6, 6.07) is 0. The molecule has 0 unspecified atom stereocenters. The molecule has 5 heteroatoms. The zero-order valence-electron chi connectivity index (χ0n) is 6.14. The SMILES string of the molecule is CN1C[C@@H](F)[C@H](OC(I)I)C1. The van der Waals surface area contributed by atoms with E-state index in [2.05, 4.69) is 45.2 Å². The smallest absolute Gasteiger partial charge is 0.159 e. The number of hydrogen-bond acceptors (Lipinski definition) is 2. The van der Waals surface area contributed by atoms with Gasteiger partial charge in [0.1, 0.15) is 12.3 Å². The van der Waals surface area contributed by atoms with Crippen molar-refractivity contribution >= 4 is 45.2 Å². The van der Waals surface area contributed by atoms with Crippen molar-refractivity contribution in [2.75, 3.05) is 20.1 Å². The van der Waals surface area contributed by atoms with Gasteiger partial charge >= 0.3 is 0 Å². The van der Waals surface area contributed by atoms with Crippen molar-refractivity contribution in [2.24, 2.45) is 0 Å². The molecular formula is C6H10FI2NO. The van der Waals surface area contributed by atoms with E-state index < -0.39 is 6.17 Å². The molecule has 1 saturated heterocycles. The van der Waals surface area contributed by atoms with Crippen LogP contribution in [0.2, 0.25) is 0 Å². The average Bonchev–Trinajstić information content (AvgIpc) is 2.09. The van der Waals surface area contributed by atoms with Crippen LogP contribution in [0.3, 0.4) is 0 Å². The van der Waals surface area contributed by atoms with Crippen molar-refractivity contribution in [3.05, 3.63) is 0 Å². The molecule has 1 rings (SSSR count). The van der Waals surface area contributed by atoms with Crippen LogP contribution in [0.4, 0.5) is 4.39 Å². The predicted octanol–water partition coefficient (Wildman–Crippen LogP) is 1.81. The van der Waals surface area contributed by atoms with Crippen LogP contribution in [0, 0.1) is 0 Å². The fraction of sp³-hybridized carbons (Fsp3) is 1.00. The molecule has 1 heterocycles. The lowest BCUT2D eigenvalue weighted by Crippen LogP contribution is -2.25. The predicted molar refractivity (Wildman–Crippen MR) is 59.1 cm³/mol. The Labute approximate surface area is 93.1 Å². The van der Waals surface area contributed by atoms with Crippen LogP contribution in [0.25, 0.3) is 0 Å². The molecular weight excluding hydrogens is 375 g/mol. The summed E-state index contributed by atoms with van der Waals surface area (Å²) in [7, 11) is 1.91. The Morgan fingerprint density at radius 1 is 1.55 bits per heavy atom. The van der Waals surface area contributed by atoms with Gasteiger partial charge in [0.25, 0.3) is 0 Å². The van der Waals surface area contributed by atoms with Gasteiger partial charge < -0.3 is 9.64 Å². The fourth-order valence-electron chi connectivity index (χ4n) is 1.17. The number of likely N-dealkylation sites (tertiary alicyclic amines) is 1. The Kier molecular flexibility index (Phi) is 4.27. The number of alkyl halides is 3. The van der Waals surface area contributed by atoms with Gasteiger partial charge in [-0.3, -0.25) is 0 Å². The molecule has 0 aliphatic carbocycles. The number of hydrogen-bond donors (Lipinski definition) is 0. The molecule has 11 heavy (non-hydrogen) atoms. The Morgan fingerprint density at radius 2 is 2.18 bits per heavy atom. The quantitative estimate of drug-likeness (QED) is 0.532. The highest BCUT2D eigenvalue weighted by Gasteiger charge is 2.32. The number of halogens is 3. The fourth-order valence-corrected chi connectivity index (χ4v) is 1.93. The van der Waals surface area contributed by atoms with Gasteiger partial charge in [-0.1, -0.05) is 0 Å². The third-order valence-corrected chi connectivity index (χ3v) is 2.25. The highest BCUT2D eigenvalue weighted by molar-refractivity contribution is 14.2. The Balaban J connectivity index is 2.34. The van der Waals surface area contributed by atoms with E-state index in [1.807, 2.05) is 11.9 Å². The summed E-state index contributed by atoms with van der Waals surface area (Å²) < 4.78 is 18.4. The number of nitrogens with zero attached hydrogens (tertiary/aromatic N) is 1. The third-order valence-electron chi connectivity index (χ3n) is 1.66. The first-order valence-corrected chi connectivity index (χ1v) is 5.85. The number of rotatable bonds is 2. The van der Waals surface area contributed by atoms with Gasteiger partial charge in [0, 0.05) is 13.1 Å². The van der Waals surface area contributed by atoms with Crippen molar-refractivity contribution in [3.63, 3.8) is 0 Å². The molecule has 0 spiro atoms. The minimum absolute atomic E-state index is 0.0694. The van der Waals surface area contributed by atoms with Gasteiger partial charge in [0.2, 0.25) is 0 Å². The summed E-state index contributed by atoms with van der Waals surface area (Å²) >= 11 is 4.26. The molecule has 0 N–H and O–H groups in total. The van der Waals surface area contributed by atoms with Crippen LogP contribution < -0.4 is 0 Å². The standard InChI is InChI=1S/C6H10FI2NO/c1-10-2-4(7)5(3-10)11-6(8)9/h4-6H,2-3H2,1H3/t4-,5-/m1/s1. The summed E-state index contributed by atoms with van der Waals surface area (Å²) in [5.41, 5.74) is 0. The van der Waals surface area contributed by atoms with E-state index in [1.165, 1.54) is 0 Å². The third kappa shape index (κ3) is 3.27. The first-order valence-electron chi connectivity index (χ1n) is 3.36. The van der Waals surface area contributed by atoms with Crippen molar-refractivity contribution in [3.8, 4) is 0 Å². The molecule has 1 fully saturated rings. The van der Waals surface area contributed by atoms with Crippen LogP contribution in [0.1, 0.15) is 0 Å². The van der Waals surface area contributed by atoms with Gasteiger partial charge in [-0.2, -0.15) is 0 Å². The molecule has 0 saturated carbocycles. The molecule has 0 aromatic rings. The topological polar surface area (TPSA) is 12.5 Å². The van der Waals surface area contributed by atoms with Gasteiger partial charge in [0.05, 0.1) is 0 Å². The summed E-state index contributed by atoms with van der Waals surface area (Å²) in [6.45, 7) is 1.22. The van der Waals surface area contributed by atoms with E-state index in [1.54, 1.807) is 0 Å². The number of ether oxygens (including phenoxy) is 1. The van der Waals surface area contributed by atoms with Crippen LogP contribution in [0.15, 0.2) is 0 Å². The molecule has 0 bridgehead atoms. The zero-order valence-corrected chi connectivity index (χ0v) is 10.5. The minimum Gasteiger partial charge on any atom is -0.350 e. The second-order valence-electron chi connectivity index (χ2n) is 2.67. The minimum atomic E-state index is -0.813. The molecule has 1 aliphatic rings. The van der Waals surface area contributed by atoms with E-state index in [-0.39, 0.29) is 8.22 Å². The largest absolute Gasteiger partial charge is 0.350 e. The van der Waals surface area contributed by atoms with Gasteiger partial charge in [-0.15, -0.1) is 0 Å². The lowest BCUT2D eigenvalue weighted by Gasteiger charge is -2.13. The van der Waals surface area contributed by atoms with Crippen molar-refractivity contribution in [1.29, 1.82) is 0 Å². The van der Waals surface area contributed by atoms with E-state index >= 15 is 0 Å². The second kappa shape index (κ2) is 4.52. The molecule has 1 aliphatic heterocycles. The first kappa shape index (κ1) is 10.4. The maximum Gasteiger partial charge on any atom is 0.159 e. The summed E-state index contributed by atoms with van der Waals surface area (Å²) in [5, 5.41) is 0. The molecule has 0 aromatic carbocycles. The summed E-state index contributed by atoms with van der Waals surface area (Å²) in [5.74, 6) is 0. The molecule has 2 atom stereocenters. The van der Waals surface area contributed by atoms with Crippen molar-refractivity contribution in [1.82, 2.24) is 4.90 Å².